The Bertz CT molecular complexity index is 1090. The second kappa shape index (κ2) is 6.73. The molecule has 0 spiro atoms. The summed E-state index contributed by atoms with van der Waals surface area (Å²) in [7, 11) is -3.30. The number of hydrogen-bond acceptors (Lipinski definition) is 5. The minimum Gasteiger partial charge on any atom is -0.298 e. The normalized spacial score (nSPS) is 11.9. The second-order valence-corrected chi connectivity index (χ2v) is 8.34. The van der Waals surface area contributed by atoms with E-state index in [0.29, 0.717) is 20.9 Å². The topological polar surface area (TPSA) is 76.1 Å². The van der Waals surface area contributed by atoms with Crippen LogP contribution in [0, 0.1) is 5.82 Å². The van der Waals surface area contributed by atoms with Gasteiger partial charge in [0.1, 0.15) is 5.82 Å². The van der Waals surface area contributed by atoms with E-state index >= 15 is 0 Å². The SMILES string of the molecule is CS(=O)(=O)c1ccc2nc(NC(=O)/C=C/c3cccc(F)c3)sc2c1. The van der Waals surface area contributed by atoms with E-state index < -0.39 is 15.7 Å². The summed E-state index contributed by atoms with van der Waals surface area (Å²) in [5.41, 5.74) is 1.17. The number of anilines is 1. The van der Waals surface area contributed by atoms with Crippen LogP contribution in [0.4, 0.5) is 9.52 Å². The number of hydrogen-bond donors (Lipinski definition) is 1. The number of sulfone groups is 1. The number of carbonyl (C=O) groups excluding carboxylic acids is 1. The fraction of sp³-hybridized carbons (Fsp3) is 0.0588. The van der Waals surface area contributed by atoms with Gasteiger partial charge in [0.25, 0.3) is 0 Å². The van der Waals surface area contributed by atoms with Crippen LogP contribution in [0.3, 0.4) is 0 Å². The van der Waals surface area contributed by atoms with Gasteiger partial charge in [-0.3, -0.25) is 10.1 Å². The maximum Gasteiger partial charge on any atom is 0.250 e. The molecule has 0 fully saturated rings. The lowest BCUT2D eigenvalue weighted by Crippen LogP contribution is -2.07. The third-order valence-electron chi connectivity index (χ3n) is 3.29. The van der Waals surface area contributed by atoms with Crippen LogP contribution in [-0.2, 0) is 14.6 Å². The Hall–Kier alpha value is -2.58. The first kappa shape index (κ1) is 17.2. The number of halogens is 1. The molecule has 0 bridgehead atoms. The van der Waals surface area contributed by atoms with Crippen molar-refractivity contribution in [2.75, 3.05) is 11.6 Å². The molecule has 25 heavy (non-hydrogen) atoms. The highest BCUT2D eigenvalue weighted by Gasteiger charge is 2.11. The maximum atomic E-state index is 13.1. The molecule has 3 rings (SSSR count). The Kier molecular flexibility index (Phi) is 4.65. The van der Waals surface area contributed by atoms with Gasteiger partial charge in [-0.2, -0.15) is 0 Å². The molecule has 0 aliphatic rings. The molecule has 1 heterocycles. The number of aromatic nitrogens is 1. The van der Waals surface area contributed by atoms with Gasteiger partial charge in [-0.25, -0.2) is 17.8 Å². The molecule has 128 valence electrons. The molecule has 1 aromatic heterocycles. The molecule has 1 amide bonds. The van der Waals surface area contributed by atoms with Gasteiger partial charge in [-0.15, -0.1) is 0 Å². The van der Waals surface area contributed by atoms with E-state index in [1.54, 1.807) is 18.2 Å². The van der Waals surface area contributed by atoms with Gasteiger partial charge in [0.15, 0.2) is 15.0 Å². The van der Waals surface area contributed by atoms with Crippen molar-refractivity contribution in [1.82, 2.24) is 4.98 Å². The number of nitrogens with one attached hydrogen (secondary N) is 1. The summed E-state index contributed by atoms with van der Waals surface area (Å²) in [6.07, 6.45) is 3.91. The van der Waals surface area contributed by atoms with Crippen molar-refractivity contribution >= 4 is 48.5 Å². The third kappa shape index (κ3) is 4.28. The molecule has 5 nitrogen and oxygen atoms in total. The number of carbonyl (C=O) groups is 1. The number of rotatable bonds is 4. The van der Waals surface area contributed by atoms with Crippen LogP contribution in [0.2, 0.25) is 0 Å². The molecule has 0 atom stereocenters. The molecule has 0 radical (unpaired) electrons. The number of thiazole rings is 1. The quantitative estimate of drug-likeness (QED) is 0.707. The smallest absolute Gasteiger partial charge is 0.250 e. The highest BCUT2D eigenvalue weighted by molar-refractivity contribution is 7.90. The molecule has 1 N–H and O–H groups in total. The number of amides is 1. The van der Waals surface area contributed by atoms with Crippen LogP contribution < -0.4 is 5.32 Å². The highest BCUT2D eigenvalue weighted by atomic mass is 32.2. The molecule has 0 unspecified atom stereocenters. The molecule has 3 aromatic rings. The van der Waals surface area contributed by atoms with Crippen molar-refractivity contribution in [1.29, 1.82) is 0 Å². The van der Waals surface area contributed by atoms with E-state index in [1.165, 1.54) is 47.8 Å². The molecule has 0 saturated carbocycles. The predicted molar refractivity (Wildman–Crippen MR) is 96.8 cm³/mol. The molecular formula is C17H13FN2O3S2. The van der Waals surface area contributed by atoms with Crippen molar-refractivity contribution in [2.45, 2.75) is 4.90 Å². The van der Waals surface area contributed by atoms with E-state index in [4.69, 9.17) is 0 Å². The van der Waals surface area contributed by atoms with Gasteiger partial charge in [0.05, 0.1) is 15.1 Å². The molecular weight excluding hydrogens is 363 g/mol. The summed E-state index contributed by atoms with van der Waals surface area (Å²) in [4.78, 5) is 16.4. The lowest BCUT2D eigenvalue weighted by molar-refractivity contribution is -0.111. The van der Waals surface area contributed by atoms with E-state index in [9.17, 15) is 17.6 Å². The molecule has 0 aliphatic heterocycles. The lowest BCUT2D eigenvalue weighted by Gasteiger charge is -1.96. The predicted octanol–water partition coefficient (Wildman–Crippen LogP) is 3.49. The number of benzene rings is 2. The summed E-state index contributed by atoms with van der Waals surface area (Å²) >= 11 is 1.18. The summed E-state index contributed by atoms with van der Waals surface area (Å²) in [5.74, 6) is -0.790. The zero-order chi connectivity index (χ0) is 18.0. The van der Waals surface area contributed by atoms with Gasteiger partial charge in [-0.05, 0) is 42.0 Å². The summed E-state index contributed by atoms with van der Waals surface area (Å²) in [6, 6.07) is 10.5. The van der Waals surface area contributed by atoms with Gasteiger partial charge in [0, 0.05) is 12.3 Å². The molecule has 0 aliphatic carbocycles. The van der Waals surface area contributed by atoms with Crippen LogP contribution >= 0.6 is 11.3 Å². The van der Waals surface area contributed by atoms with Gasteiger partial charge in [-0.1, -0.05) is 23.5 Å². The Morgan fingerprint density at radius 2 is 2.04 bits per heavy atom. The van der Waals surface area contributed by atoms with Crippen LogP contribution in [0.15, 0.2) is 53.4 Å². The van der Waals surface area contributed by atoms with Crippen molar-refractivity contribution in [3.8, 4) is 0 Å². The standard InChI is InChI=1S/C17H13FN2O3S2/c1-25(22,23)13-6-7-14-15(10-13)24-17(19-14)20-16(21)8-5-11-3-2-4-12(18)9-11/h2-10H,1H3,(H,19,20,21)/b8-5+. The summed E-state index contributed by atoms with van der Waals surface area (Å²) in [5, 5.41) is 2.97. The van der Waals surface area contributed by atoms with Crippen molar-refractivity contribution in [2.24, 2.45) is 0 Å². The molecule has 2 aromatic carbocycles. The maximum absolute atomic E-state index is 13.1. The van der Waals surface area contributed by atoms with Crippen molar-refractivity contribution in [3.05, 3.63) is 59.9 Å². The lowest BCUT2D eigenvalue weighted by atomic mass is 10.2. The average Bonchev–Trinajstić information content (AvgIpc) is 2.93. The second-order valence-electron chi connectivity index (χ2n) is 5.30. The Balaban J connectivity index is 1.77. The zero-order valence-corrected chi connectivity index (χ0v) is 14.7. The van der Waals surface area contributed by atoms with E-state index in [1.807, 2.05) is 0 Å². The first-order valence-electron chi connectivity index (χ1n) is 7.16. The van der Waals surface area contributed by atoms with E-state index in [2.05, 4.69) is 10.3 Å². The minimum atomic E-state index is -3.30. The minimum absolute atomic E-state index is 0.201. The fourth-order valence-corrected chi connectivity index (χ4v) is 3.75. The van der Waals surface area contributed by atoms with Crippen molar-refractivity contribution in [3.63, 3.8) is 0 Å². The Labute approximate surface area is 147 Å². The van der Waals surface area contributed by atoms with Crippen LogP contribution in [0.25, 0.3) is 16.3 Å². The Morgan fingerprint density at radius 3 is 2.76 bits per heavy atom. The van der Waals surface area contributed by atoms with Crippen LogP contribution in [0.1, 0.15) is 5.56 Å². The largest absolute Gasteiger partial charge is 0.298 e. The fourth-order valence-electron chi connectivity index (χ4n) is 2.12. The van der Waals surface area contributed by atoms with Crippen LogP contribution in [0.5, 0.6) is 0 Å². The highest BCUT2D eigenvalue weighted by Crippen LogP contribution is 2.28. The first-order valence-corrected chi connectivity index (χ1v) is 9.87. The van der Waals surface area contributed by atoms with Crippen molar-refractivity contribution < 1.29 is 17.6 Å². The zero-order valence-electron chi connectivity index (χ0n) is 13.1. The van der Waals surface area contributed by atoms with Gasteiger partial charge in [0.2, 0.25) is 5.91 Å². The first-order chi connectivity index (χ1) is 11.8. The molecule has 8 heteroatoms. The number of nitrogens with zero attached hydrogens (tertiary/aromatic N) is 1. The summed E-state index contributed by atoms with van der Waals surface area (Å²) in [6.45, 7) is 0. The Morgan fingerprint density at radius 1 is 1.24 bits per heavy atom. The van der Waals surface area contributed by atoms with Gasteiger partial charge < -0.3 is 0 Å². The van der Waals surface area contributed by atoms with E-state index in [-0.39, 0.29) is 10.7 Å². The van der Waals surface area contributed by atoms with Crippen LogP contribution in [-0.4, -0.2) is 25.6 Å². The van der Waals surface area contributed by atoms with E-state index in [0.717, 1.165) is 6.26 Å². The average molecular weight is 376 g/mol. The summed E-state index contributed by atoms with van der Waals surface area (Å²) < 4.78 is 36.9. The van der Waals surface area contributed by atoms with Gasteiger partial charge >= 0.3 is 0 Å². The monoisotopic (exact) mass is 376 g/mol. The number of fused-ring (bicyclic) bond motifs is 1. The third-order valence-corrected chi connectivity index (χ3v) is 5.34. The molecule has 0 saturated heterocycles.